The Morgan fingerprint density at radius 2 is 1.87 bits per heavy atom. The van der Waals surface area contributed by atoms with Crippen LogP contribution in [0, 0.1) is 0 Å². The van der Waals surface area contributed by atoms with Crippen molar-refractivity contribution in [3.63, 3.8) is 0 Å². The molecule has 0 saturated carbocycles. The van der Waals surface area contributed by atoms with Crippen LogP contribution in [0.1, 0.15) is 18.1 Å². The summed E-state index contributed by atoms with van der Waals surface area (Å²) in [6.07, 6.45) is 2.54. The average Bonchev–Trinajstić information content (AvgIpc) is 3.43. The van der Waals surface area contributed by atoms with Crippen molar-refractivity contribution in [2.24, 2.45) is 0 Å². The second-order valence-electron chi connectivity index (χ2n) is 6.75. The number of anilines is 1. The predicted molar refractivity (Wildman–Crippen MR) is 118 cm³/mol. The highest BCUT2D eigenvalue weighted by Crippen LogP contribution is 2.25. The molecule has 2 heterocycles. The lowest BCUT2D eigenvalue weighted by Gasteiger charge is -2.10. The Bertz CT molecular complexity index is 1110. The van der Waals surface area contributed by atoms with Crippen LogP contribution in [0.5, 0.6) is 0 Å². The highest BCUT2D eigenvalue weighted by molar-refractivity contribution is 7.99. The van der Waals surface area contributed by atoms with Gasteiger partial charge in [0.05, 0.1) is 18.6 Å². The van der Waals surface area contributed by atoms with Crippen molar-refractivity contribution >= 4 is 23.4 Å². The lowest BCUT2D eigenvalue weighted by atomic mass is 10.1. The molecule has 4 rings (SSSR count). The first-order chi connectivity index (χ1) is 14.7. The quantitative estimate of drug-likeness (QED) is 0.413. The van der Waals surface area contributed by atoms with Crippen LogP contribution < -0.4 is 5.32 Å². The van der Waals surface area contributed by atoms with Crippen LogP contribution in [0.2, 0.25) is 0 Å². The average molecular weight is 419 g/mol. The minimum Gasteiger partial charge on any atom is -0.461 e. The van der Waals surface area contributed by atoms with E-state index in [1.54, 1.807) is 6.26 Å². The Labute approximate surface area is 179 Å². The molecule has 0 bridgehead atoms. The monoisotopic (exact) mass is 418 g/mol. The molecule has 2 aromatic heterocycles. The van der Waals surface area contributed by atoms with Gasteiger partial charge in [0.25, 0.3) is 0 Å². The van der Waals surface area contributed by atoms with Gasteiger partial charge in [-0.1, -0.05) is 61.2 Å². The largest absolute Gasteiger partial charge is 0.461 e. The first-order valence-electron chi connectivity index (χ1n) is 9.75. The number of carbonyl (C=O) groups excluding carboxylic acids is 1. The molecule has 4 aromatic rings. The fourth-order valence-corrected chi connectivity index (χ4v) is 3.83. The standard InChI is InChI=1S/C23H22N4O2S/c1-2-17-10-6-11-19(14-17)24-21(28)16-30-23-26-25-22(20-12-7-13-29-20)27(23)15-18-8-4-3-5-9-18/h3-14H,2,15-16H2,1H3,(H,24,28). The summed E-state index contributed by atoms with van der Waals surface area (Å²) in [5.41, 5.74) is 3.11. The van der Waals surface area contributed by atoms with Gasteiger partial charge >= 0.3 is 0 Å². The molecule has 1 N–H and O–H groups in total. The van der Waals surface area contributed by atoms with E-state index in [-0.39, 0.29) is 11.7 Å². The molecule has 0 aliphatic heterocycles. The summed E-state index contributed by atoms with van der Waals surface area (Å²) < 4.78 is 7.50. The van der Waals surface area contributed by atoms with Gasteiger partial charge in [0.15, 0.2) is 10.9 Å². The summed E-state index contributed by atoms with van der Waals surface area (Å²) in [6.45, 7) is 2.68. The van der Waals surface area contributed by atoms with Crippen LogP contribution in [-0.2, 0) is 17.8 Å². The number of aryl methyl sites for hydroxylation is 1. The zero-order valence-corrected chi connectivity index (χ0v) is 17.4. The molecule has 0 spiro atoms. The zero-order valence-electron chi connectivity index (χ0n) is 16.6. The molecule has 0 aliphatic carbocycles. The van der Waals surface area contributed by atoms with Crippen LogP contribution >= 0.6 is 11.8 Å². The minimum atomic E-state index is -0.0814. The number of thioether (sulfide) groups is 1. The van der Waals surface area contributed by atoms with Gasteiger partial charge in [-0.3, -0.25) is 9.36 Å². The molecule has 6 nitrogen and oxygen atoms in total. The van der Waals surface area contributed by atoms with E-state index in [9.17, 15) is 4.79 Å². The predicted octanol–water partition coefficient (Wildman–Crippen LogP) is 4.88. The number of amides is 1. The van der Waals surface area contributed by atoms with Crippen molar-refractivity contribution < 1.29 is 9.21 Å². The number of furan rings is 1. The van der Waals surface area contributed by atoms with E-state index in [0.29, 0.717) is 23.3 Å². The summed E-state index contributed by atoms with van der Waals surface area (Å²) in [6, 6.07) is 21.6. The maximum absolute atomic E-state index is 12.5. The van der Waals surface area contributed by atoms with Gasteiger partial charge in [-0.2, -0.15) is 0 Å². The van der Waals surface area contributed by atoms with Gasteiger partial charge in [-0.25, -0.2) is 0 Å². The Morgan fingerprint density at radius 3 is 2.63 bits per heavy atom. The smallest absolute Gasteiger partial charge is 0.234 e. The first-order valence-corrected chi connectivity index (χ1v) is 10.7. The van der Waals surface area contributed by atoms with E-state index in [2.05, 4.69) is 22.4 Å². The fraction of sp³-hybridized carbons (Fsp3) is 0.174. The van der Waals surface area contributed by atoms with Crippen LogP contribution in [0.4, 0.5) is 5.69 Å². The van der Waals surface area contributed by atoms with Gasteiger partial charge in [0.2, 0.25) is 11.7 Å². The van der Waals surface area contributed by atoms with Crippen LogP contribution in [0.15, 0.2) is 82.6 Å². The maximum Gasteiger partial charge on any atom is 0.234 e. The van der Waals surface area contributed by atoms with Gasteiger partial charge < -0.3 is 9.73 Å². The highest BCUT2D eigenvalue weighted by atomic mass is 32.2. The van der Waals surface area contributed by atoms with Crippen molar-refractivity contribution in [3.8, 4) is 11.6 Å². The molecule has 30 heavy (non-hydrogen) atoms. The third kappa shape index (κ3) is 4.80. The second-order valence-corrected chi connectivity index (χ2v) is 7.69. The third-order valence-corrected chi connectivity index (χ3v) is 5.56. The summed E-state index contributed by atoms with van der Waals surface area (Å²) in [4.78, 5) is 12.5. The van der Waals surface area contributed by atoms with E-state index in [4.69, 9.17) is 4.42 Å². The van der Waals surface area contributed by atoms with E-state index < -0.39 is 0 Å². The molecule has 0 atom stereocenters. The third-order valence-electron chi connectivity index (χ3n) is 4.59. The number of carbonyl (C=O) groups is 1. The van der Waals surface area contributed by atoms with Crippen LogP contribution in [-0.4, -0.2) is 26.4 Å². The van der Waals surface area contributed by atoms with Crippen LogP contribution in [0.3, 0.4) is 0 Å². The lowest BCUT2D eigenvalue weighted by molar-refractivity contribution is -0.113. The number of hydrogen-bond donors (Lipinski definition) is 1. The molecule has 0 fully saturated rings. The van der Waals surface area contributed by atoms with Gasteiger partial charge in [0, 0.05) is 5.69 Å². The number of hydrogen-bond acceptors (Lipinski definition) is 5. The molecule has 152 valence electrons. The molecule has 0 unspecified atom stereocenters. The molecular formula is C23H22N4O2S. The topological polar surface area (TPSA) is 73.0 Å². The molecule has 2 aromatic carbocycles. The minimum absolute atomic E-state index is 0.0814. The molecule has 0 saturated heterocycles. The summed E-state index contributed by atoms with van der Waals surface area (Å²) in [5.74, 6) is 1.44. The first kappa shape index (κ1) is 20.0. The van der Waals surface area contributed by atoms with Gasteiger partial charge in [-0.05, 0) is 41.8 Å². The SMILES string of the molecule is CCc1cccc(NC(=O)CSc2nnc(-c3ccco3)n2Cc2ccccc2)c1. The molecule has 7 heteroatoms. The second kappa shape index (κ2) is 9.45. The van der Waals surface area contributed by atoms with Gasteiger partial charge in [-0.15, -0.1) is 10.2 Å². The Kier molecular flexibility index (Phi) is 6.29. The fourth-order valence-electron chi connectivity index (χ4n) is 3.09. The van der Waals surface area contributed by atoms with Crippen molar-refractivity contribution in [3.05, 3.63) is 84.1 Å². The lowest BCUT2D eigenvalue weighted by Crippen LogP contribution is -2.15. The van der Waals surface area contributed by atoms with Crippen molar-refractivity contribution in [1.82, 2.24) is 14.8 Å². The van der Waals surface area contributed by atoms with E-state index in [1.165, 1.54) is 17.3 Å². The van der Waals surface area contributed by atoms with Crippen molar-refractivity contribution in [2.45, 2.75) is 25.0 Å². The Balaban J connectivity index is 1.50. The highest BCUT2D eigenvalue weighted by Gasteiger charge is 2.18. The molecule has 1 amide bonds. The Morgan fingerprint density at radius 1 is 1.03 bits per heavy atom. The number of benzene rings is 2. The van der Waals surface area contributed by atoms with E-state index in [1.807, 2.05) is 71.3 Å². The number of rotatable bonds is 8. The van der Waals surface area contributed by atoms with Crippen molar-refractivity contribution in [2.75, 3.05) is 11.1 Å². The normalized spacial score (nSPS) is 10.8. The summed E-state index contributed by atoms with van der Waals surface area (Å²) in [7, 11) is 0. The molecule has 0 radical (unpaired) electrons. The van der Waals surface area contributed by atoms with Gasteiger partial charge in [0.1, 0.15) is 0 Å². The van der Waals surface area contributed by atoms with E-state index >= 15 is 0 Å². The molecular weight excluding hydrogens is 396 g/mol. The summed E-state index contributed by atoms with van der Waals surface area (Å²) in [5, 5.41) is 12.2. The van der Waals surface area contributed by atoms with Crippen molar-refractivity contribution in [1.29, 1.82) is 0 Å². The maximum atomic E-state index is 12.5. The Hall–Kier alpha value is -3.32. The summed E-state index contributed by atoms with van der Waals surface area (Å²) >= 11 is 1.36. The number of aromatic nitrogens is 3. The zero-order chi connectivity index (χ0) is 20.8. The molecule has 0 aliphatic rings. The van der Waals surface area contributed by atoms with E-state index in [0.717, 1.165) is 17.7 Å². The number of nitrogens with one attached hydrogen (secondary N) is 1. The number of nitrogens with zero attached hydrogens (tertiary/aromatic N) is 3. The van der Waals surface area contributed by atoms with Crippen LogP contribution in [0.25, 0.3) is 11.6 Å².